The molecule has 7 rings (SSSR count). The highest BCUT2D eigenvalue weighted by Gasteiger charge is 2.51. The van der Waals surface area contributed by atoms with Gasteiger partial charge in [-0.2, -0.15) is 0 Å². The fourth-order valence-electron chi connectivity index (χ4n) is 7.33. The van der Waals surface area contributed by atoms with E-state index >= 15 is 0 Å². The number of imidazole rings is 1. The molecule has 4 fully saturated rings. The number of unbranched alkanes of at least 4 members (excludes halogenated alkanes) is 1. The van der Waals surface area contributed by atoms with Crippen molar-refractivity contribution < 1.29 is 9.21 Å². The first-order chi connectivity index (χ1) is 16.9. The highest BCUT2D eigenvalue weighted by molar-refractivity contribution is 5.77. The molecule has 3 heterocycles. The van der Waals surface area contributed by atoms with Crippen LogP contribution < -0.4 is 16.6 Å². The zero-order chi connectivity index (χ0) is 24.2. The van der Waals surface area contributed by atoms with Crippen molar-refractivity contribution in [2.75, 3.05) is 0 Å². The Balaban J connectivity index is 1.34. The molecule has 0 atom stereocenters. The number of carbonyl (C=O) groups excluding carboxylic acids is 1. The van der Waals surface area contributed by atoms with Crippen LogP contribution in [0, 0.1) is 17.8 Å². The highest BCUT2D eigenvalue weighted by Crippen LogP contribution is 2.55. The average Bonchev–Trinajstić information content (AvgIpc) is 3.46. The van der Waals surface area contributed by atoms with Crippen molar-refractivity contribution in [3.8, 4) is 0 Å². The van der Waals surface area contributed by atoms with Gasteiger partial charge in [0.15, 0.2) is 11.2 Å². The number of hydrogen-bond acceptors (Lipinski definition) is 5. The number of aromatic nitrogens is 4. The van der Waals surface area contributed by atoms with E-state index in [1.807, 2.05) is 13.0 Å². The summed E-state index contributed by atoms with van der Waals surface area (Å²) < 4.78 is 9.78. The molecule has 3 aromatic rings. The zero-order valence-corrected chi connectivity index (χ0v) is 20.2. The number of nitrogens with one attached hydrogen (secondary N) is 1. The Bertz CT molecular complexity index is 1330. The molecule has 4 saturated carbocycles. The van der Waals surface area contributed by atoms with Gasteiger partial charge in [0.05, 0.1) is 19.1 Å². The molecule has 9 nitrogen and oxygen atoms in total. The molecule has 35 heavy (non-hydrogen) atoms. The van der Waals surface area contributed by atoms with Crippen LogP contribution in [0.3, 0.4) is 0 Å². The number of carbonyl (C=O) groups is 1. The van der Waals surface area contributed by atoms with Crippen molar-refractivity contribution in [1.29, 1.82) is 0 Å². The van der Waals surface area contributed by atoms with Crippen LogP contribution in [0.15, 0.2) is 38.7 Å². The smallest absolute Gasteiger partial charge is 0.333 e. The summed E-state index contributed by atoms with van der Waals surface area (Å²) in [5.74, 6) is 2.53. The van der Waals surface area contributed by atoms with Gasteiger partial charge in [0.1, 0.15) is 12.3 Å². The first kappa shape index (κ1) is 22.4. The molecule has 0 aromatic carbocycles. The summed E-state index contributed by atoms with van der Waals surface area (Å²) in [5, 5.41) is 3.30. The zero-order valence-electron chi connectivity index (χ0n) is 20.2. The van der Waals surface area contributed by atoms with Crippen LogP contribution in [0.5, 0.6) is 0 Å². The van der Waals surface area contributed by atoms with Gasteiger partial charge in [0.25, 0.3) is 5.56 Å². The van der Waals surface area contributed by atoms with E-state index in [9.17, 15) is 14.4 Å². The van der Waals surface area contributed by atoms with Crippen LogP contribution in [0.25, 0.3) is 11.2 Å². The van der Waals surface area contributed by atoms with Crippen LogP contribution in [0.1, 0.15) is 64.1 Å². The van der Waals surface area contributed by atoms with Crippen molar-refractivity contribution in [3.05, 3.63) is 51.3 Å². The highest BCUT2D eigenvalue weighted by atomic mass is 16.3. The van der Waals surface area contributed by atoms with E-state index < -0.39 is 11.2 Å². The van der Waals surface area contributed by atoms with Crippen molar-refractivity contribution in [3.63, 3.8) is 0 Å². The van der Waals surface area contributed by atoms with Gasteiger partial charge in [-0.15, -0.1) is 0 Å². The molecule has 186 valence electrons. The maximum Gasteiger partial charge on any atom is 0.333 e. The lowest BCUT2D eigenvalue weighted by atomic mass is 9.53. The van der Waals surface area contributed by atoms with Gasteiger partial charge >= 0.3 is 5.69 Å². The predicted octanol–water partition coefficient (Wildman–Crippen LogP) is 2.89. The van der Waals surface area contributed by atoms with Crippen molar-refractivity contribution in [2.24, 2.45) is 17.8 Å². The van der Waals surface area contributed by atoms with Crippen LogP contribution in [-0.4, -0.2) is 30.1 Å². The second kappa shape index (κ2) is 8.53. The molecule has 0 radical (unpaired) electrons. The summed E-state index contributed by atoms with van der Waals surface area (Å²) >= 11 is 0. The molecular weight excluding hydrogens is 446 g/mol. The molecule has 4 aliphatic rings. The second-order valence-corrected chi connectivity index (χ2v) is 11.0. The predicted molar refractivity (Wildman–Crippen MR) is 130 cm³/mol. The van der Waals surface area contributed by atoms with Crippen LogP contribution in [-0.2, 0) is 24.4 Å². The van der Waals surface area contributed by atoms with E-state index in [1.54, 1.807) is 23.2 Å². The van der Waals surface area contributed by atoms with Crippen molar-refractivity contribution in [1.82, 2.24) is 24.0 Å². The number of rotatable bonds is 8. The van der Waals surface area contributed by atoms with Gasteiger partial charge in [0.2, 0.25) is 5.91 Å². The molecule has 4 aliphatic carbocycles. The van der Waals surface area contributed by atoms with Gasteiger partial charge in [0, 0.05) is 12.1 Å². The normalized spacial score (nSPS) is 27.1. The van der Waals surface area contributed by atoms with E-state index in [0.29, 0.717) is 47.8 Å². The van der Waals surface area contributed by atoms with Gasteiger partial charge in [-0.25, -0.2) is 14.3 Å². The van der Waals surface area contributed by atoms with Crippen molar-refractivity contribution in [2.45, 2.75) is 83.5 Å². The lowest BCUT2D eigenvalue weighted by molar-refractivity contribution is -0.127. The summed E-state index contributed by atoms with van der Waals surface area (Å²) in [6, 6.07) is 3.62. The number of amides is 1. The van der Waals surface area contributed by atoms with Gasteiger partial charge in [-0.3, -0.25) is 14.2 Å². The number of fused-ring (bicyclic) bond motifs is 1. The number of furan rings is 1. The fraction of sp³-hybridized carbons (Fsp3) is 0.615. The summed E-state index contributed by atoms with van der Waals surface area (Å²) in [6.07, 6.45) is 11.7. The second-order valence-electron chi connectivity index (χ2n) is 11.0. The summed E-state index contributed by atoms with van der Waals surface area (Å²) in [6.45, 7) is 2.55. The van der Waals surface area contributed by atoms with E-state index in [1.165, 1.54) is 23.8 Å². The third-order valence-corrected chi connectivity index (χ3v) is 8.37. The summed E-state index contributed by atoms with van der Waals surface area (Å²) in [4.78, 5) is 44.7. The Labute approximate surface area is 203 Å². The third-order valence-electron chi connectivity index (χ3n) is 8.37. The maximum absolute atomic E-state index is 13.6. The monoisotopic (exact) mass is 479 g/mol. The van der Waals surface area contributed by atoms with Gasteiger partial charge in [-0.1, -0.05) is 13.3 Å². The van der Waals surface area contributed by atoms with Gasteiger partial charge in [-0.05, 0) is 74.8 Å². The minimum Gasteiger partial charge on any atom is -0.467 e. The Morgan fingerprint density at radius 2 is 1.86 bits per heavy atom. The SMILES string of the molecule is CCCCn1c(=O)n(CC(=O)NC23CC4CC(CC(C4)C2)C3)c(=O)c2c1ncn2Cc1ccco1. The topological polar surface area (TPSA) is 104 Å². The number of aryl methyl sites for hydroxylation is 1. The molecule has 1 N–H and O–H groups in total. The Hall–Kier alpha value is -3.10. The molecule has 9 heteroatoms. The van der Waals surface area contributed by atoms with Crippen LogP contribution in [0.4, 0.5) is 0 Å². The molecule has 1 amide bonds. The molecule has 0 spiro atoms. The number of hydrogen-bond donors (Lipinski definition) is 1. The number of nitrogens with zero attached hydrogens (tertiary/aromatic N) is 4. The van der Waals surface area contributed by atoms with Crippen LogP contribution >= 0.6 is 0 Å². The standard InChI is InChI=1S/C26H33N5O4/c1-2-3-6-30-23-22(29(16-27-23)14-20-5-4-7-35-20)24(33)31(25(30)34)15-21(32)28-26-11-17-8-18(12-26)10-19(9-17)13-26/h4-5,7,16-19H,2-3,6,8-15H2,1H3,(H,28,32). The maximum atomic E-state index is 13.6. The van der Waals surface area contributed by atoms with Crippen molar-refractivity contribution >= 4 is 17.1 Å². The first-order valence-corrected chi connectivity index (χ1v) is 13.0. The minimum atomic E-state index is -0.484. The molecule has 0 aliphatic heterocycles. The molecule has 4 bridgehead atoms. The quantitative estimate of drug-likeness (QED) is 0.535. The summed E-state index contributed by atoms with van der Waals surface area (Å²) in [7, 11) is 0. The lowest BCUT2D eigenvalue weighted by Crippen LogP contribution is -2.60. The molecule has 3 aromatic heterocycles. The Kier molecular flexibility index (Phi) is 5.45. The Morgan fingerprint density at radius 3 is 2.49 bits per heavy atom. The molecule has 0 saturated heterocycles. The molecular formula is C26H33N5O4. The van der Waals surface area contributed by atoms with E-state index in [-0.39, 0.29) is 18.0 Å². The minimum absolute atomic E-state index is 0.165. The van der Waals surface area contributed by atoms with E-state index in [0.717, 1.165) is 36.7 Å². The molecule has 0 unspecified atom stereocenters. The summed E-state index contributed by atoms with van der Waals surface area (Å²) in [5.41, 5.74) is -0.443. The largest absolute Gasteiger partial charge is 0.467 e. The Morgan fingerprint density at radius 1 is 1.14 bits per heavy atom. The van der Waals surface area contributed by atoms with Crippen LogP contribution in [0.2, 0.25) is 0 Å². The first-order valence-electron chi connectivity index (χ1n) is 13.0. The van der Waals surface area contributed by atoms with Gasteiger partial charge < -0.3 is 14.3 Å². The fourth-order valence-corrected chi connectivity index (χ4v) is 7.33. The third kappa shape index (κ3) is 3.94. The van der Waals surface area contributed by atoms with E-state index in [2.05, 4.69) is 10.3 Å². The average molecular weight is 480 g/mol. The van der Waals surface area contributed by atoms with E-state index in [4.69, 9.17) is 4.42 Å². The lowest BCUT2D eigenvalue weighted by Gasteiger charge is -2.56.